The maximum atomic E-state index is 12.9. The summed E-state index contributed by atoms with van der Waals surface area (Å²) in [7, 11) is 0. The van der Waals surface area contributed by atoms with Crippen LogP contribution in [0.2, 0.25) is 0 Å². The molecule has 76 valence electrons. The fraction of sp³-hybridized carbons (Fsp3) is 0.222. The van der Waals surface area contributed by atoms with Gasteiger partial charge < -0.3 is 5.32 Å². The maximum Gasteiger partial charge on any atom is 0.251 e. The van der Waals surface area contributed by atoms with Gasteiger partial charge in [-0.25, -0.2) is 8.78 Å². The summed E-state index contributed by atoms with van der Waals surface area (Å²) in [6.45, 7) is 3.83. The normalized spacial score (nSPS) is 9.93. The first kappa shape index (κ1) is 10.6. The third kappa shape index (κ3) is 2.48. The molecule has 5 heteroatoms. The van der Waals surface area contributed by atoms with Gasteiger partial charge in [-0.2, -0.15) is 9.37 Å². The number of rotatable bonds is 4. The molecule has 0 fully saturated rings. The molecular weight excluding hydrogens is 193 g/mol. The quantitative estimate of drug-likeness (QED) is 0.461. The average molecular weight is 202 g/mol. The molecule has 0 bridgehead atoms. The average Bonchev–Trinajstić information content (AvgIpc) is 2.14. The highest BCUT2D eigenvalue weighted by Gasteiger charge is 2.10. The van der Waals surface area contributed by atoms with Crippen LogP contribution in [0.1, 0.15) is 6.42 Å². The summed E-state index contributed by atoms with van der Waals surface area (Å²) in [5.41, 5.74) is 0. The highest BCUT2D eigenvalue weighted by molar-refractivity contribution is 5.36. The van der Waals surface area contributed by atoms with Crippen LogP contribution in [0.3, 0.4) is 0 Å². The van der Waals surface area contributed by atoms with Crippen LogP contribution in [-0.4, -0.2) is 11.5 Å². The molecule has 0 spiro atoms. The van der Waals surface area contributed by atoms with Crippen LogP contribution in [0, 0.1) is 17.6 Å². The molecule has 1 rings (SSSR count). The molecule has 0 amide bonds. The molecule has 2 nitrogen and oxygen atoms in total. The Morgan fingerprint density at radius 3 is 2.71 bits per heavy atom. The molecule has 1 aromatic heterocycles. The molecule has 0 aliphatic carbocycles. The number of pyridine rings is 1. The summed E-state index contributed by atoms with van der Waals surface area (Å²) in [4.78, 5) is 3.08. The molecule has 1 N–H and O–H groups in total. The Morgan fingerprint density at radius 1 is 1.36 bits per heavy atom. The van der Waals surface area contributed by atoms with E-state index in [0.717, 1.165) is 0 Å². The van der Waals surface area contributed by atoms with E-state index in [0.29, 0.717) is 19.0 Å². The number of nitrogens with one attached hydrogen (secondary N) is 1. The first-order chi connectivity index (χ1) is 6.65. The van der Waals surface area contributed by atoms with Gasteiger partial charge in [0.25, 0.3) is 5.95 Å². The third-order valence-electron chi connectivity index (χ3n) is 1.53. The SMILES string of the molecule is C=CCCNc1nc(F)c(F)cc1F. The van der Waals surface area contributed by atoms with Crippen molar-refractivity contribution >= 4 is 5.82 Å². The highest BCUT2D eigenvalue weighted by atomic mass is 19.2. The van der Waals surface area contributed by atoms with Gasteiger partial charge in [0.05, 0.1) is 0 Å². The largest absolute Gasteiger partial charge is 0.367 e. The van der Waals surface area contributed by atoms with Gasteiger partial charge in [0.1, 0.15) is 0 Å². The smallest absolute Gasteiger partial charge is 0.251 e. The van der Waals surface area contributed by atoms with Gasteiger partial charge in [-0.1, -0.05) is 6.08 Å². The van der Waals surface area contributed by atoms with Gasteiger partial charge in [-0.05, 0) is 6.42 Å². The lowest BCUT2D eigenvalue weighted by molar-refractivity contribution is 0.466. The molecule has 0 aromatic carbocycles. The zero-order valence-electron chi connectivity index (χ0n) is 7.36. The van der Waals surface area contributed by atoms with E-state index in [1.807, 2.05) is 0 Å². The fourth-order valence-corrected chi connectivity index (χ4v) is 0.861. The van der Waals surface area contributed by atoms with Crippen molar-refractivity contribution in [2.45, 2.75) is 6.42 Å². The molecule has 14 heavy (non-hydrogen) atoms. The number of hydrogen-bond acceptors (Lipinski definition) is 2. The maximum absolute atomic E-state index is 12.9. The van der Waals surface area contributed by atoms with Crippen molar-refractivity contribution < 1.29 is 13.2 Å². The fourth-order valence-electron chi connectivity index (χ4n) is 0.861. The zero-order chi connectivity index (χ0) is 10.6. The Bertz CT molecular complexity index is 339. The second-order valence-electron chi connectivity index (χ2n) is 2.60. The van der Waals surface area contributed by atoms with Crippen LogP contribution < -0.4 is 5.32 Å². The van der Waals surface area contributed by atoms with Gasteiger partial charge in [-0.15, -0.1) is 6.58 Å². The second kappa shape index (κ2) is 4.64. The molecule has 0 radical (unpaired) electrons. The molecule has 0 saturated heterocycles. The van der Waals surface area contributed by atoms with Crippen LogP contribution in [0.4, 0.5) is 19.0 Å². The van der Waals surface area contributed by atoms with Crippen LogP contribution in [0.5, 0.6) is 0 Å². The van der Waals surface area contributed by atoms with Crippen molar-refractivity contribution in [3.8, 4) is 0 Å². The van der Waals surface area contributed by atoms with Gasteiger partial charge >= 0.3 is 0 Å². The van der Waals surface area contributed by atoms with Crippen LogP contribution in [0.15, 0.2) is 18.7 Å². The van der Waals surface area contributed by atoms with E-state index in [1.54, 1.807) is 6.08 Å². The van der Waals surface area contributed by atoms with Crippen molar-refractivity contribution in [2.75, 3.05) is 11.9 Å². The lowest BCUT2D eigenvalue weighted by Crippen LogP contribution is -2.06. The first-order valence-electron chi connectivity index (χ1n) is 4.01. The van der Waals surface area contributed by atoms with Gasteiger partial charge in [0.2, 0.25) is 0 Å². The number of nitrogens with zero attached hydrogens (tertiary/aromatic N) is 1. The molecule has 0 saturated carbocycles. The number of hydrogen-bond donors (Lipinski definition) is 1. The summed E-state index contributed by atoms with van der Waals surface area (Å²) in [5, 5.41) is 2.52. The zero-order valence-corrected chi connectivity index (χ0v) is 7.36. The van der Waals surface area contributed by atoms with Crippen molar-refractivity contribution in [3.05, 3.63) is 36.3 Å². The number of anilines is 1. The van der Waals surface area contributed by atoms with E-state index in [4.69, 9.17) is 0 Å². The predicted molar refractivity (Wildman–Crippen MR) is 47.4 cm³/mol. The van der Waals surface area contributed by atoms with Gasteiger partial charge in [0, 0.05) is 12.6 Å². The molecule has 1 heterocycles. The van der Waals surface area contributed by atoms with E-state index in [1.165, 1.54) is 0 Å². The minimum atomic E-state index is -1.31. The Labute approximate surface area is 79.5 Å². The Hall–Kier alpha value is -1.52. The predicted octanol–water partition coefficient (Wildman–Crippen LogP) is 2.49. The lowest BCUT2D eigenvalue weighted by atomic mass is 10.4. The lowest BCUT2D eigenvalue weighted by Gasteiger charge is -2.04. The molecule has 0 aliphatic rings. The summed E-state index contributed by atoms with van der Waals surface area (Å²) in [5.74, 6) is -3.80. The van der Waals surface area contributed by atoms with E-state index in [-0.39, 0.29) is 5.82 Å². The van der Waals surface area contributed by atoms with Crippen LogP contribution >= 0.6 is 0 Å². The number of aromatic nitrogens is 1. The molecule has 0 aliphatic heterocycles. The summed E-state index contributed by atoms with van der Waals surface area (Å²) in [6, 6.07) is 0.457. The van der Waals surface area contributed by atoms with E-state index < -0.39 is 17.6 Å². The monoisotopic (exact) mass is 202 g/mol. The van der Waals surface area contributed by atoms with Crippen molar-refractivity contribution in [3.63, 3.8) is 0 Å². The standard InChI is InChI=1S/C9H9F3N2/c1-2-3-4-13-9-7(11)5-6(10)8(12)14-9/h2,5H,1,3-4H2,(H,13,14). The first-order valence-corrected chi connectivity index (χ1v) is 4.01. The minimum absolute atomic E-state index is 0.286. The second-order valence-corrected chi connectivity index (χ2v) is 2.60. The van der Waals surface area contributed by atoms with E-state index in [9.17, 15) is 13.2 Å². The molecular formula is C9H9F3N2. The van der Waals surface area contributed by atoms with Crippen LogP contribution in [0.25, 0.3) is 0 Å². The number of halogens is 3. The van der Waals surface area contributed by atoms with E-state index >= 15 is 0 Å². The molecule has 0 atom stereocenters. The molecule has 0 unspecified atom stereocenters. The Morgan fingerprint density at radius 2 is 2.07 bits per heavy atom. The topological polar surface area (TPSA) is 24.9 Å². The van der Waals surface area contributed by atoms with Crippen molar-refractivity contribution in [1.29, 1.82) is 0 Å². The third-order valence-corrected chi connectivity index (χ3v) is 1.53. The van der Waals surface area contributed by atoms with E-state index in [2.05, 4.69) is 16.9 Å². The summed E-state index contributed by atoms with van der Waals surface area (Å²) >= 11 is 0. The Balaban J connectivity index is 2.76. The van der Waals surface area contributed by atoms with Crippen molar-refractivity contribution in [2.24, 2.45) is 0 Å². The summed E-state index contributed by atoms with van der Waals surface area (Å²) in [6.07, 6.45) is 2.20. The van der Waals surface area contributed by atoms with Gasteiger partial charge in [0.15, 0.2) is 17.5 Å². The Kier molecular flexibility index (Phi) is 3.50. The van der Waals surface area contributed by atoms with Crippen LogP contribution in [-0.2, 0) is 0 Å². The minimum Gasteiger partial charge on any atom is -0.367 e. The van der Waals surface area contributed by atoms with Crippen molar-refractivity contribution in [1.82, 2.24) is 4.98 Å². The highest BCUT2D eigenvalue weighted by Crippen LogP contribution is 2.13. The van der Waals surface area contributed by atoms with Gasteiger partial charge in [-0.3, -0.25) is 0 Å². The summed E-state index contributed by atoms with van der Waals surface area (Å²) < 4.78 is 37.9. The molecule has 1 aromatic rings.